The molecule has 0 spiro atoms. The van der Waals surface area contributed by atoms with E-state index in [2.05, 4.69) is 10.2 Å². The van der Waals surface area contributed by atoms with Crippen LogP contribution in [0.5, 0.6) is 0 Å². The SMILES string of the molecule is O=C(Nc1cccc(CN2CCOCC2)c1)C1CCN(C(=O)c2ccc(F)cc2F)CC1. The largest absolute Gasteiger partial charge is 0.379 e. The Bertz CT molecular complexity index is 971. The van der Waals surface area contributed by atoms with E-state index in [4.69, 9.17) is 4.74 Å². The van der Waals surface area contributed by atoms with Crippen LogP contribution in [0.1, 0.15) is 28.8 Å². The molecule has 2 saturated heterocycles. The fourth-order valence-electron chi connectivity index (χ4n) is 4.19. The van der Waals surface area contributed by atoms with Gasteiger partial charge in [-0.25, -0.2) is 8.78 Å². The summed E-state index contributed by atoms with van der Waals surface area (Å²) in [6, 6.07) is 10.8. The number of carbonyl (C=O) groups excluding carboxylic acids is 2. The van der Waals surface area contributed by atoms with Crippen LogP contribution in [0.15, 0.2) is 42.5 Å². The molecule has 2 fully saturated rings. The first-order valence-corrected chi connectivity index (χ1v) is 10.9. The molecule has 0 bridgehead atoms. The van der Waals surface area contributed by atoms with Gasteiger partial charge in [0.1, 0.15) is 11.6 Å². The van der Waals surface area contributed by atoms with Crippen molar-refractivity contribution in [2.24, 2.45) is 5.92 Å². The fourth-order valence-corrected chi connectivity index (χ4v) is 4.19. The van der Waals surface area contributed by atoms with Crippen molar-refractivity contribution in [2.75, 3.05) is 44.7 Å². The van der Waals surface area contributed by atoms with Gasteiger partial charge < -0.3 is 15.0 Å². The summed E-state index contributed by atoms with van der Waals surface area (Å²) in [4.78, 5) is 29.2. The smallest absolute Gasteiger partial charge is 0.256 e. The predicted molar refractivity (Wildman–Crippen MR) is 116 cm³/mol. The maximum absolute atomic E-state index is 13.9. The maximum Gasteiger partial charge on any atom is 0.256 e. The van der Waals surface area contributed by atoms with Crippen molar-refractivity contribution < 1.29 is 23.1 Å². The van der Waals surface area contributed by atoms with Crippen molar-refractivity contribution >= 4 is 17.5 Å². The third-order valence-electron chi connectivity index (χ3n) is 6.02. The molecule has 2 aromatic carbocycles. The number of morpholine rings is 1. The molecule has 0 atom stereocenters. The van der Waals surface area contributed by atoms with Crippen LogP contribution < -0.4 is 5.32 Å². The molecule has 0 aromatic heterocycles. The molecule has 2 amide bonds. The van der Waals surface area contributed by atoms with Gasteiger partial charge in [0.05, 0.1) is 18.8 Å². The van der Waals surface area contributed by atoms with Crippen LogP contribution in [0.4, 0.5) is 14.5 Å². The Balaban J connectivity index is 1.30. The van der Waals surface area contributed by atoms with Crippen LogP contribution in [0.2, 0.25) is 0 Å². The number of rotatable bonds is 5. The Labute approximate surface area is 186 Å². The highest BCUT2D eigenvalue weighted by Gasteiger charge is 2.29. The lowest BCUT2D eigenvalue weighted by Crippen LogP contribution is -2.41. The minimum absolute atomic E-state index is 0.0754. The molecule has 170 valence electrons. The standard InChI is InChI=1S/C24H27F2N3O3/c25-19-4-5-21(22(26)15-19)24(31)29-8-6-18(7-9-29)23(30)27-20-3-1-2-17(14-20)16-28-10-12-32-13-11-28/h1-5,14-15,18H,6-13,16H2,(H,27,30). The topological polar surface area (TPSA) is 61.9 Å². The lowest BCUT2D eigenvalue weighted by Gasteiger charge is -2.31. The number of anilines is 1. The maximum atomic E-state index is 13.9. The van der Waals surface area contributed by atoms with E-state index in [-0.39, 0.29) is 17.4 Å². The van der Waals surface area contributed by atoms with Gasteiger partial charge >= 0.3 is 0 Å². The van der Waals surface area contributed by atoms with Crippen LogP contribution in [0.3, 0.4) is 0 Å². The number of hydrogen-bond acceptors (Lipinski definition) is 4. The van der Waals surface area contributed by atoms with E-state index >= 15 is 0 Å². The van der Waals surface area contributed by atoms with Crippen LogP contribution in [-0.2, 0) is 16.1 Å². The molecular formula is C24H27F2N3O3. The van der Waals surface area contributed by atoms with Gasteiger partial charge in [0.2, 0.25) is 5.91 Å². The number of carbonyl (C=O) groups is 2. The quantitative estimate of drug-likeness (QED) is 0.771. The van der Waals surface area contributed by atoms with Crippen molar-refractivity contribution in [3.63, 3.8) is 0 Å². The van der Waals surface area contributed by atoms with Crippen molar-refractivity contribution in [1.29, 1.82) is 0 Å². The van der Waals surface area contributed by atoms with E-state index in [9.17, 15) is 18.4 Å². The first-order chi connectivity index (χ1) is 15.5. The zero-order valence-electron chi connectivity index (χ0n) is 17.9. The van der Waals surface area contributed by atoms with E-state index < -0.39 is 17.5 Å². The highest BCUT2D eigenvalue weighted by molar-refractivity contribution is 5.95. The Morgan fingerprint density at radius 1 is 1.00 bits per heavy atom. The van der Waals surface area contributed by atoms with Crippen molar-refractivity contribution in [2.45, 2.75) is 19.4 Å². The second-order valence-corrected chi connectivity index (χ2v) is 8.27. The van der Waals surface area contributed by atoms with Crippen molar-refractivity contribution in [3.8, 4) is 0 Å². The molecule has 2 heterocycles. The van der Waals surface area contributed by atoms with Gasteiger partial charge in [-0.2, -0.15) is 0 Å². The molecule has 0 unspecified atom stereocenters. The minimum atomic E-state index is -0.869. The van der Waals surface area contributed by atoms with Crippen LogP contribution in [0.25, 0.3) is 0 Å². The Morgan fingerprint density at radius 2 is 1.75 bits per heavy atom. The fraction of sp³-hybridized carbons (Fsp3) is 0.417. The van der Waals surface area contributed by atoms with E-state index in [0.29, 0.717) is 32.0 Å². The minimum Gasteiger partial charge on any atom is -0.379 e. The third kappa shape index (κ3) is 5.49. The van der Waals surface area contributed by atoms with E-state index in [1.54, 1.807) is 0 Å². The Kier molecular flexibility index (Phi) is 7.12. The molecule has 2 aliphatic heterocycles. The van der Waals surface area contributed by atoms with Crippen LogP contribution in [0, 0.1) is 17.6 Å². The monoisotopic (exact) mass is 443 g/mol. The van der Waals surface area contributed by atoms with E-state index in [0.717, 1.165) is 56.2 Å². The molecule has 4 rings (SSSR count). The number of benzene rings is 2. The molecule has 6 nitrogen and oxygen atoms in total. The summed E-state index contributed by atoms with van der Waals surface area (Å²) in [6.45, 7) is 4.80. The van der Waals surface area contributed by atoms with Crippen molar-refractivity contribution in [3.05, 3.63) is 65.2 Å². The number of likely N-dealkylation sites (tertiary alicyclic amines) is 1. The number of nitrogens with one attached hydrogen (secondary N) is 1. The lowest BCUT2D eigenvalue weighted by atomic mass is 9.95. The van der Waals surface area contributed by atoms with Gasteiger partial charge in [0.25, 0.3) is 5.91 Å². The lowest BCUT2D eigenvalue weighted by molar-refractivity contribution is -0.121. The highest BCUT2D eigenvalue weighted by Crippen LogP contribution is 2.23. The molecule has 2 aliphatic rings. The molecule has 0 saturated carbocycles. The van der Waals surface area contributed by atoms with Crippen molar-refractivity contribution in [1.82, 2.24) is 9.80 Å². The number of ether oxygens (including phenoxy) is 1. The van der Waals surface area contributed by atoms with Crippen LogP contribution >= 0.6 is 0 Å². The molecule has 0 radical (unpaired) electrons. The first kappa shape index (κ1) is 22.4. The molecule has 32 heavy (non-hydrogen) atoms. The molecule has 8 heteroatoms. The molecular weight excluding hydrogens is 416 g/mol. The zero-order valence-corrected chi connectivity index (χ0v) is 17.9. The zero-order chi connectivity index (χ0) is 22.5. The number of nitrogens with zero attached hydrogens (tertiary/aromatic N) is 2. The second-order valence-electron chi connectivity index (χ2n) is 8.27. The number of halogens is 2. The summed E-state index contributed by atoms with van der Waals surface area (Å²) < 4.78 is 32.4. The van der Waals surface area contributed by atoms with Gasteiger partial charge in [-0.3, -0.25) is 14.5 Å². The summed E-state index contributed by atoms with van der Waals surface area (Å²) in [5.41, 5.74) is 1.74. The third-order valence-corrected chi connectivity index (χ3v) is 6.02. The summed E-state index contributed by atoms with van der Waals surface area (Å²) in [7, 11) is 0. The van der Waals surface area contributed by atoms with Crippen LogP contribution in [-0.4, -0.2) is 61.0 Å². The predicted octanol–water partition coefficient (Wildman–Crippen LogP) is 3.29. The summed E-state index contributed by atoms with van der Waals surface area (Å²) in [5.74, 6) is -2.36. The number of amides is 2. The van der Waals surface area contributed by atoms with E-state index in [1.807, 2.05) is 24.3 Å². The number of hydrogen-bond donors (Lipinski definition) is 1. The molecule has 2 aromatic rings. The highest BCUT2D eigenvalue weighted by atomic mass is 19.1. The normalized spacial score (nSPS) is 17.9. The Morgan fingerprint density at radius 3 is 2.47 bits per heavy atom. The van der Waals surface area contributed by atoms with E-state index in [1.165, 1.54) is 4.90 Å². The summed E-state index contributed by atoms with van der Waals surface area (Å²) in [6.07, 6.45) is 0.988. The second kappa shape index (κ2) is 10.2. The number of piperidine rings is 1. The molecule has 1 N–H and O–H groups in total. The average molecular weight is 443 g/mol. The molecule has 0 aliphatic carbocycles. The Hall–Kier alpha value is -2.84. The summed E-state index contributed by atoms with van der Waals surface area (Å²) >= 11 is 0. The van der Waals surface area contributed by atoms with Gasteiger partial charge in [0.15, 0.2) is 0 Å². The van der Waals surface area contributed by atoms with Gasteiger partial charge in [0, 0.05) is 50.4 Å². The average Bonchev–Trinajstić information content (AvgIpc) is 2.80. The van der Waals surface area contributed by atoms with Gasteiger partial charge in [-0.1, -0.05) is 12.1 Å². The first-order valence-electron chi connectivity index (χ1n) is 10.9. The van der Waals surface area contributed by atoms with Gasteiger partial charge in [-0.05, 0) is 42.7 Å². The van der Waals surface area contributed by atoms with Gasteiger partial charge in [-0.15, -0.1) is 0 Å². The summed E-state index contributed by atoms with van der Waals surface area (Å²) in [5, 5.41) is 2.99.